The molecule has 5 heteroatoms. The number of aliphatic hydroxyl groups is 1. The fourth-order valence-corrected chi connectivity index (χ4v) is 5.00. The molecule has 0 radical (unpaired) electrons. The number of halogens is 2. The Hall–Kier alpha value is -1.55. The maximum absolute atomic E-state index is 13.0. The quantitative estimate of drug-likeness (QED) is 0.749. The summed E-state index contributed by atoms with van der Waals surface area (Å²) in [5, 5.41) is 11.4. The predicted molar refractivity (Wildman–Crippen MR) is 108 cm³/mol. The average molecular weight is 404 g/mol. The minimum absolute atomic E-state index is 0.0720. The molecule has 1 amide bonds. The number of aliphatic hydroxyl groups excluding tert-OH is 1. The molecule has 4 atom stereocenters. The van der Waals surface area contributed by atoms with Crippen LogP contribution >= 0.6 is 23.2 Å². The molecule has 1 heterocycles. The number of hydrogen-bond acceptors (Lipinski definition) is 2. The van der Waals surface area contributed by atoms with Crippen LogP contribution in [0.5, 0.6) is 0 Å². The van der Waals surface area contributed by atoms with E-state index in [1.165, 1.54) is 0 Å². The lowest BCUT2D eigenvalue weighted by molar-refractivity contribution is -0.140. The lowest BCUT2D eigenvalue weighted by atomic mass is 9.79. The number of amides is 1. The van der Waals surface area contributed by atoms with Crippen molar-refractivity contribution < 1.29 is 9.90 Å². The first-order valence-corrected chi connectivity index (χ1v) is 10.3. The van der Waals surface area contributed by atoms with Crippen molar-refractivity contribution in [2.24, 2.45) is 0 Å². The maximum Gasteiger partial charge on any atom is 0.223 e. The molecule has 1 aliphatic heterocycles. The molecular weight excluding hydrogens is 381 g/mol. The number of benzene rings is 2. The molecule has 27 heavy (non-hydrogen) atoms. The Morgan fingerprint density at radius 3 is 2.37 bits per heavy atom. The third-order valence-corrected chi connectivity index (χ3v) is 6.38. The first kappa shape index (κ1) is 18.8. The topological polar surface area (TPSA) is 40.5 Å². The normalized spacial score (nSPS) is 28.6. The highest BCUT2D eigenvalue weighted by molar-refractivity contribution is 6.30. The van der Waals surface area contributed by atoms with Gasteiger partial charge in [0.05, 0.1) is 12.1 Å². The molecule has 2 aromatic rings. The van der Waals surface area contributed by atoms with Crippen LogP contribution in [0.2, 0.25) is 10.0 Å². The number of hydrogen-bond donors (Lipinski definition) is 1. The van der Waals surface area contributed by atoms with Crippen molar-refractivity contribution in [3.05, 3.63) is 69.7 Å². The number of piperidine rings is 1. The Labute approximate surface area is 169 Å². The third kappa shape index (κ3) is 3.87. The first-order valence-electron chi connectivity index (χ1n) is 9.53. The lowest BCUT2D eigenvalue weighted by Gasteiger charge is -2.45. The van der Waals surface area contributed by atoms with Crippen molar-refractivity contribution in [3.63, 3.8) is 0 Å². The van der Waals surface area contributed by atoms with Gasteiger partial charge >= 0.3 is 0 Å². The summed E-state index contributed by atoms with van der Waals surface area (Å²) in [6.07, 6.45) is 3.24. The Bertz CT molecular complexity index is 823. The fourth-order valence-electron chi connectivity index (χ4n) is 4.67. The zero-order valence-electron chi connectivity index (χ0n) is 15.0. The van der Waals surface area contributed by atoms with Gasteiger partial charge in [0.15, 0.2) is 0 Å². The highest BCUT2D eigenvalue weighted by Gasteiger charge is 2.43. The first-order chi connectivity index (χ1) is 13.0. The summed E-state index contributed by atoms with van der Waals surface area (Å²) in [5.74, 6) is 0.340. The number of carbonyl (C=O) groups excluding carboxylic acids is 1. The standard InChI is InChI=1S/C22H23Cl2NO2/c23-16-6-4-14(5-7-16)22-20(15-2-1-3-17(24)12-15)10-11-21(27)25(22)18-8-9-19(26)13-18/h1-7,12,18-20,22,26H,8-11,13H2. The van der Waals surface area contributed by atoms with Crippen LogP contribution < -0.4 is 0 Å². The van der Waals surface area contributed by atoms with Gasteiger partial charge in [-0.1, -0.05) is 47.5 Å². The maximum atomic E-state index is 13.0. The molecule has 0 bridgehead atoms. The lowest BCUT2D eigenvalue weighted by Crippen LogP contribution is -2.47. The van der Waals surface area contributed by atoms with Crippen LogP contribution in [0, 0.1) is 0 Å². The summed E-state index contributed by atoms with van der Waals surface area (Å²) in [7, 11) is 0. The van der Waals surface area contributed by atoms with Crippen LogP contribution in [0.25, 0.3) is 0 Å². The fraction of sp³-hybridized carbons (Fsp3) is 0.409. The highest BCUT2D eigenvalue weighted by Crippen LogP contribution is 2.46. The van der Waals surface area contributed by atoms with E-state index in [4.69, 9.17) is 23.2 Å². The molecule has 142 valence electrons. The van der Waals surface area contributed by atoms with E-state index in [-0.39, 0.29) is 30.0 Å². The van der Waals surface area contributed by atoms with Gasteiger partial charge < -0.3 is 10.0 Å². The van der Waals surface area contributed by atoms with Crippen molar-refractivity contribution in [3.8, 4) is 0 Å². The largest absolute Gasteiger partial charge is 0.393 e. The van der Waals surface area contributed by atoms with Gasteiger partial charge in [0.2, 0.25) is 5.91 Å². The average Bonchev–Trinajstić information content (AvgIpc) is 3.08. The summed E-state index contributed by atoms with van der Waals surface area (Å²) in [6, 6.07) is 15.7. The van der Waals surface area contributed by atoms with Crippen LogP contribution in [0.1, 0.15) is 55.2 Å². The zero-order chi connectivity index (χ0) is 19.0. The predicted octanol–water partition coefficient (Wildman–Crippen LogP) is 5.35. The summed E-state index contributed by atoms with van der Waals surface area (Å²) < 4.78 is 0. The van der Waals surface area contributed by atoms with Gasteiger partial charge in [0.1, 0.15) is 0 Å². The van der Waals surface area contributed by atoms with E-state index in [9.17, 15) is 9.90 Å². The van der Waals surface area contributed by atoms with E-state index in [0.29, 0.717) is 22.9 Å². The molecule has 1 saturated heterocycles. The summed E-state index contributed by atoms with van der Waals surface area (Å²) in [4.78, 5) is 15.0. The van der Waals surface area contributed by atoms with Gasteiger partial charge in [-0.05, 0) is 61.1 Å². The molecule has 2 aliphatic rings. The number of nitrogens with zero attached hydrogens (tertiary/aromatic N) is 1. The molecule has 3 nitrogen and oxygen atoms in total. The van der Waals surface area contributed by atoms with E-state index in [1.807, 2.05) is 47.4 Å². The minimum Gasteiger partial charge on any atom is -0.393 e. The Morgan fingerprint density at radius 2 is 1.70 bits per heavy atom. The Balaban J connectivity index is 1.77. The summed E-state index contributed by atoms with van der Waals surface area (Å²) in [5.41, 5.74) is 2.23. The van der Waals surface area contributed by atoms with E-state index in [1.54, 1.807) is 0 Å². The van der Waals surface area contributed by atoms with Crippen LogP contribution in [0.15, 0.2) is 48.5 Å². The zero-order valence-corrected chi connectivity index (χ0v) is 16.5. The molecule has 0 spiro atoms. The molecule has 1 aliphatic carbocycles. The van der Waals surface area contributed by atoms with E-state index < -0.39 is 0 Å². The summed E-state index contributed by atoms with van der Waals surface area (Å²) >= 11 is 12.4. The van der Waals surface area contributed by atoms with Crippen molar-refractivity contribution in [1.29, 1.82) is 0 Å². The second-order valence-corrected chi connectivity index (χ2v) is 8.49. The third-order valence-electron chi connectivity index (χ3n) is 5.90. The van der Waals surface area contributed by atoms with Crippen molar-refractivity contribution in [2.45, 2.75) is 56.2 Å². The second-order valence-electron chi connectivity index (χ2n) is 7.62. The molecule has 0 aromatic heterocycles. The van der Waals surface area contributed by atoms with E-state index in [0.717, 1.165) is 30.4 Å². The molecule has 2 fully saturated rings. The smallest absolute Gasteiger partial charge is 0.223 e. The molecule has 4 rings (SSSR count). The molecule has 2 aromatic carbocycles. The Kier molecular flexibility index (Phi) is 5.45. The monoisotopic (exact) mass is 403 g/mol. The van der Waals surface area contributed by atoms with E-state index in [2.05, 4.69) is 6.07 Å². The van der Waals surface area contributed by atoms with Crippen molar-refractivity contribution >= 4 is 29.1 Å². The molecular formula is C22H23Cl2NO2. The number of rotatable bonds is 3. The van der Waals surface area contributed by atoms with Gasteiger partial charge in [-0.3, -0.25) is 4.79 Å². The molecule has 1 N–H and O–H groups in total. The number of carbonyl (C=O) groups is 1. The van der Waals surface area contributed by atoms with Crippen LogP contribution in [-0.2, 0) is 4.79 Å². The van der Waals surface area contributed by atoms with Gasteiger partial charge in [0.25, 0.3) is 0 Å². The SMILES string of the molecule is O=C1CCC(c2cccc(Cl)c2)C(c2ccc(Cl)cc2)N1C1CCC(O)C1. The van der Waals surface area contributed by atoms with Crippen LogP contribution in [0.4, 0.5) is 0 Å². The van der Waals surface area contributed by atoms with Crippen molar-refractivity contribution in [1.82, 2.24) is 4.90 Å². The van der Waals surface area contributed by atoms with Gasteiger partial charge in [-0.15, -0.1) is 0 Å². The second kappa shape index (κ2) is 7.83. The van der Waals surface area contributed by atoms with Crippen LogP contribution in [-0.4, -0.2) is 28.1 Å². The van der Waals surface area contributed by atoms with Gasteiger partial charge in [-0.2, -0.15) is 0 Å². The molecule has 4 unspecified atom stereocenters. The van der Waals surface area contributed by atoms with Crippen LogP contribution in [0.3, 0.4) is 0 Å². The van der Waals surface area contributed by atoms with Gasteiger partial charge in [0, 0.05) is 28.4 Å². The van der Waals surface area contributed by atoms with Gasteiger partial charge in [-0.25, -0.2) is 0 Å². The minimum atomic E-state index is -0.319. The number of likely N-dealkylation sites (tertiary alicyclic amines) is 1. The van der Waals surface area contributed by atoms with E-state index >= 15 is 0 Å². The van der Waals surface area contributed by atoms with Crippen molar-refractivity contribution in [2.75, 3.05) is 0 Å². The molecule has 1 saturated carbocycles. The Morgan fingerprint density at radius 1 is 0.926 bits per heavy atom. The highest BCUT2D eigenvalue weighted by atomic mass is 35.5. The summed E-state index contributed by atoms with van der Waals surface area (Å²) in [6.45, 7) is 0.